The molecule has 0 aromatic heterocycles. The molecule has 1 unspecified atom stereocenters. The van der Waals surface area contributed by atoms with Crippen LogP contribution in [0, 0.1) is 0 Å². The van der Waals surface area contributed by atoms with Crippen LogP contribution in [-0.4, -0.2) is 93.6 Å². The van der Waals surface area contributed by atoms with Crippen LogP contribution in [0.1, 0.15) is 76.6 Å². The third kappa shape index (κ3) is 18.3. The first-order chi connectivity index (χ1) is 32.0. The van der Waals surface area contributed by atoms with Crippen LogP contribution in [0.2, 0.25) is 12.1 Å². The van der Waals surface area contributed by atoms with Gasteiger partial charge in [-0.2, -0.15) is 9.98 Å². The Morgan fingerprint density at radius 1 is 0.515 bits per heavy atom. The summed E-state index contributed by atoms with van der Waals surface area (Å²) >= 11 is 0. The number of hydrogen-bond donors (Lipinski definition) is 4. The molecule has 4 N–H and O–H groups in total. The Labute approximate surface area is 390 Å². The number of nitrogens with one attached hydrogen (secondary N) is 4. The predicted octanol–water partition coefficient (Wildman–Crippen LogP) is 9.36. The normalized spacial score (nSPS) is 12.3. The van der Waals surface area contributed by atoms with E-state index in [-0.39, 0.29) is 12.1 Å². The van der Waals surface area contributed by atoms with E-state index in [9.17, 15) is 19.2 Å². The highest BCUT2D eigenvalue weighted by Crippen LogP contribution is 2.26. The number of rotatable bonds is 29. The molecule has 4 aromatic carbocycles. The van der Waals surface area contributed by atoms with Crippen molar-refractivity contribution in [3.05, 3.63) is 119 Å². The van der Waals surface area contributed by atoms with E-state index < -0.39 is 29.8 Å². The Morgan fingerprint density at radius 3 is 1.11 bits per heavy atom. The molecule has 0 bridgehead atoms. The zero-order valence-corrected chi connectivity index (χ0v) is 40.9. The van der Waals surface area contributed by atoms with Gasteiger partial charge in [-0.05, 0) is 138 Å². The zero-order chi connectivity index (χ0) is 47.6. The molecule has 18 heteroatoms. The maximum atomic E-state index is 12.8. The Bertz CT molecular complexity index is 2000. The van der Waals surface area contributed by atoms with E-state index in [1.165, 1.54) is 0 Å². The van der Waals surface area contributed by atoms with Gasteiger partial charge >= 0.3 is 29.7 Å². The fourth-order valence-corrected chi connectivity index (χ4v) is 12.7. The lowest BCUT2D eigenvalue weighted by Crippen LogP contribution is -2.54. The molecule has 0 spiro atoms. The molecule has 0 heterocycles. The summed E-state index contributed by atoms with van der Waals surface area (Å²) in [6.07, 6.45) is 4.65. The van der Waals surface area contributed by atoms with E-state index in [4.69, 9.17) is 26.6 Å². The quantitative estimate of drug-likeness (QED) is 0.0176. The second-order valence-corrected chi connectivity index (χ2v) is 20.6. The number of anilines is 2. The van der Waals surface area contributed by atoms with Crippen LogP contribution < -0.4 is 21.3 Å². The molecule has 0 aliphatic heterocycles. The summed E-state index contributed by atoms with van der Waals surface area (Å²) in [5, 5.41) is 11.6. The maximum absolute atomic E-state index is 12.8. The standard InChI is InChI=1S/C48H64N6O10Si2/c1-7-59-65(60-8-2,31-11-29-49-47(57)53-45-25-17-41(18-26-45)33-39-13-21-43(22-14-39)51-35-55)63-37(5)38(6)64-66(61-9-3,62-10-4)32-12-30-50-48(58)54-46-27-19-42(20-28-46)34-40-15-23-44(24-16-40)52-36-56/h13-28,37-38H,7-12,29-34H2,1-6H3,(H2,49,53,57)(H2,50,54,58)/t37-,38?/m0/s1. The molecular formula is C48H64N6O10Si2. The van der Waals surface area contributed by atoms with Gasteiger partial charge in [0.25, 0.3) is 0 Å². The Balaban J connectivity index is 1.24. The van der Waals surface area contributed by atoms with Crippen LogP contribution in [0.4, 0.5) is 32.3 Å². The van der Waals surface area contributed by atoms with Crippen molar-refractivity contribution in [2.75, 3.05) is 50.2 Å². The lowest BCUT2D eigenvalue weighted by atomic mass is 10.0. The summed E-state index contributed by atoms with van der Waals surface area (Å²) in [5.41, 5.74) is 6.71. The van der Waals surface area contributed by atoms with Gasteiger partial charge in [-0.25, -0.2) is 19.2 Å². The Hall–Kier alpha value is -5.63. The van der Waals surface area contributed by atoms with E-state index in [0.717, 1.165) is 22.3 Å². The third-order valence-electron chi connectivity index (χ3n) is 10.2. The van der Waals surface area contributed by atoms with Crippen molar-refractivity contribution >= 4 is 64.6 Å². The number of hydrogen-bond acceptors (Lipinski definition) is 12. The van der Waals surface area contributed by atoms with E-state index in [1.54, 1.807) is 36.4 Å². The van der Waals surface area contributed by atoms with Crippen molar-refractivity contribution in [1.82, 2.24) is 10.6 Å². The zero-order valence-electron chi connectivity index (χ0n) is 38.9. The third-order valence-corrected chi connectivity index (χ3v) is 16.5. The number of nitrogens with zero attached hydrogens (tertiary/aromatic N) is 2. The summed E-state index contributed by atoms with van der Waals surface area (Å²) in [6.45, 7) is 13.7. The topological polar surface area (TPSA) is 196 Å². The highest BCUT2D eigenvalue weighted by Gasteiger charge is 2.46. The Morgan fingerprint density at radius 2 is 0.818 bits per heavy atom. The van der Waals surface area contributed by atoms with Crippen LogP contribution in [0.5, 0.6) is 0 Å². The number of isocyanates is 2. The minimum atomic E-state index is -3.24. The van der Waals surface area contributed by atoms with Gasteiger partial charge in [0.15, 0.2) is 0 Å². The molecule has 4 aromatic rings. The van der Waals surface area contributed by atoms with Crippen molar-refractivity contribution in [2.24, 2.45) is 9.98 Å². The van der Waals surface area contributed by atoms with Crippen LogP contribution in [0.15, 0.2) is 107 Å². The highest BCUT2D eigenvalue weighted by atomic mass is 28.4. The van der Waals surface area contributed by atoms with Gasteiger partial charge in [0, 0.05) is 63.0 Å². The SMILES string of the molecule is CCO[Si](CCCNC(=O)Nc1ccc(Cc2ccc(N=C=O)cc2)cc1)(OCC)OC(C)[C@H](C)O[Si](CCCNC(=O)Nc1ccc(Cc2ccc(N=C=O)cc2)cc1)(OCC)OCC. The largest absolute Gasteiger partial charge is 0.501 e. The smallest absolute Gasteiger partial charge is 0.374 e. The summed E-state index contributed by atoms with van der Waals surface area (Å²) in [5.74, 6) is 0. The second kappa shape index (κ2) is 28.4. The molecule has 0 aliphatic carbocycles. The predicted molar refractivity (Wildman–Crippen MR) is 259 cm³/mol. The summed E-state index contributed by atoms with van der Waals surface area (Å²) in [6, 6.07) is 30.3. The molecule has 4 rings (SSSR count). The van der Waals surface area contributed by atoms with Crippen LogP contribution >= 0.6 is 0 Å². The lowest BCUT2D eigenvalue weighted by molar-refractivity contribution is -0.0377. The molecule has 16 nitrogen and oxygen atoms in total. The highest BCUT2D eigenvalue weighted by molar-refractivity contribution is 6.61. The molecule has 0 radical (unpaired) electrons. The molecular weight excluding hydrogens is 877 g/mol. The first-order valence-electron chi connectivity index (χ1n) is 22.5. The van der Waals surface area contributed by atoms with Gasteiger partial charge in [0.1, 0.15) is 0 Å². The van der Waals surface area contributed by atoms with Crippen LogP contribution in [0.3, 0.4) is 0 Å². The number of carbonyl (C=O) groups is 2. The fraction of sp³-hybridized carbons (Fsp3) is 0.417. The minimum Gasteiger partial charge on any atom is -0.374 e. The average Bonchev–Trinajstić information content (AvgIpc) is 3.30. The summed E-state index contributed by atoms with van der Waals surface area (Å²) < 4.78 is 38.4. The van der Waals surface area contributed by atoms with Gasteiger partial charge in [-0.15, -0.1) is 0 Å². The fourth-order valence-electron chi connectivity index (χ4n) is 6.99. The van der Waals surface area contributed by atoms with Crippen molar-refractivity contribution < 1.29 is 45.7 Å². The number of urea groups is 2. The molecule has 0 saturated heterocycles. The minimum absolute atomic E-state index is 0.329. The number of aliphatic imine (C=N–C) groups is 2. The molecule has 0 saturated carbocycles. The molecule has 354 valence electrons. The molecule has 2 atom stereocenters. The second-order valence-electron chi connectivity index (χ2n) is 15.2. The van der Waals surface area contributed by atoms with Gasteiger partial charge < -0.3 is 47.8 Å². The molecule has 0 fully saturated rings. The van der Waals surface area contributed by atoms with E-state index in [0.29, 0.717) is 100 Å². The summed E-state index contributed by atoms with van der Waals surface area (Å²) in [7, 11) is -6.47. The first-order valence-corrected chi connectivity index (χ1v) is 26.4. The number of amides is 4. The first kappa shape index (κ1) is 53.0. The molecule has 0 aliphatic rings. The monoisotopic (exact) mass is 940 g/mol. The lowest BCUT2D eigenvalue weighted by Gasteiger charge is -2.37. The average molecular weight is 941 g/mol. The van der Waals surface area contributed by atoms with E-state index in [2.05, 4.69) is 31.3 Å². The molecule has 66 heavy (non-hydrogen) atoms. The van der Waals surface area contributed by atoms with Crippen molar-refractivity contribution in [2.45, 2.75) is 91.5 Å². The Kier molecular flexibility index (Phi) is 22.8. The molecule has 4 amide bonds. The van der Waals surface area contributed by atoms with Gasteiger partial charge in [-0.1, -0.05) is 48.5 Å². The maximum Gasteiger partial charge on any atom is 0.501 e. The summed E-state index contributed by atoms with van der Waals surface area (Å²) in [4.78, 5) is 53.9. The van der Waals surface area contributed by atoms with E-state index >= 15 is 0 Å². The number of carbonyl (C=O) groups excluding carboxylic acids is 4. The van der Waals surface area contributed by atoms with E-state index in [1.807, 2.05) is 114 Å². The van der Waals surface area contributed by atoms with Gasteiger partial charge in [0.2, 0.25) is 12.2 Å². The number of benzene rings is 4. The van der Waals surface area contributed by atoms with Crippen molar-refractivity contribution in [1.29, 1.82) is 0 Å². The van der Waals surface area contributed by atoms with Crippen molar-refractivity contribution in [3.8, 4) is 0 Å². The van der Waals surface area contributed by atoms with Crippen LogP contribution in [0.25, 0.3) is 0 Å². The van der Waals surface area contributed by atoms with Crippen molar-refractivity contribution in [3.63, 3.8) is 0 Å². The van der Waals surface area contributed by atoms with Gasteiger partial charge in [-0.3, -0.25) is 0 Å². The van der Waals surface area contributed by atoms with Gasteiger partial charge in [0.05, 0.1) is 23.6 Å². The van der Waals surface area contributed by atoms with Crippen LogP contribution in [-0.2, 0) is 49.0 Å².